The average Bonchev–Trinajstić information content (AvgIpc) is 2.62. The summed E-state index contributed by atoms with van der Waals surface area (Å²) in [6, 6.07) is 13.5. The molecule has 0 spiro atoms. The van der Waals surface area contributed by atoms with Crippen LogP contribution >= 0.6 is 0 Å². The zero-order chi connectivity index (χ0) is 17.2. The normalized spacial score (nSPS) is 11.0. The largest absolute Gasteiger partial charge is 0.487 e. The van der Waals surface area contributed by atoms with Crippen LogP contribution in [0.4, 0.5) is 0 Å². The van der Waals surface area contributed by atoms with Crippen molar-refractivity contribution in [3.05, 3.63) is 65.7 Å². The molecule has 0 aliphatic carbocycles. The van der Waals surface area contributed by atoms with Crippen molar-refractivity contribution in [2.75, 3.05) is 13.2 Å². The van der Waals surface area contributed by atoms with Crippen molar-refractivity contribution in [1.29, 1.82) is 0 Å². The van der Waals surface area contributed by atoms with Crippen LogP contribution in [0, 0.1) is 0 Å². The molecule has 0 aliphatic rings. The molecule has 0 saturated carbocycles. The highest BCUT2D eigenvalue weighted by Gasteiger charge is 2.12. The predicted molar refractivity (Wildman–Crippen MR) is 91.2 cm³/mol. The van der Waals surface area contributed by atoms with E-state index in [4.69, 9.17) is 14.2 Å². The Bertz CT molecular complexity index is 666. The first-order chi connectivity index (χ1) is 11.7. The zero-order valence-electron chi connectivity index (χ0n) is 13.9. The number of ether oxygens (including phenoxy) is 3. The lowest BCUT2D eigenvalue weighted by atomic mass is 10.2. The quantitative estimate of drug-likeness (QED) is 0.421. The van der Waals surface area contributed by atoms with Gasteiger partial charge in [-0.2, -0.15) is 0 Å². The number of carbonyl (C=O) groups excluding carboxylic acids is 1. The van der Waals surface area contributed by atoms with Gasteiger partial charge in [-0.3, -0.25) is 4.98 Å². The molecule has 0 radical (unpaired) electrons. The average molecular weight is 327 g/mol. The third-order valence-corrected chi connectivity index (χ3v) is 3.06. The number of hydrogen-bond donors (Lipinski definition) is 0. The summed E-state index contributed by atoms with van der Waals surface area (Å²) in [6.45, 7) is 4.70. The van der Waals surface area contributed by atoms with Crippen LogP contribution in [0.3, 0.4) is 0 Å². The van der Waals surface area contributed by atoms with Crippen LogP contribution < -0.4 is 4.74 Å². The molecule has 1 aromatic heterocycles. The highest BCUT2D eigenvalue weighted by atomic mass is 16.6. The monoisotopic (exact) mass is 327 g/mol. The Morgan fingerprint density at radius 2 is 1.79 bits per heavy atom. The summed E-state index contributed by atoms with van der Waals surface area (Å²) in [5, 5.41) is 0. The maximum Gasteiger partial charge on any atom is 0.373 e. The van der Waals surface area contributed by atoms with Crippen LogP contribution in [0.15, 0.2) is 54.4 Å². The Hall–Kier alpha value is -2.82. The molecule has 1 heterocycles. The van der Waals surface area contributed by atoms with Crippen LogP contribution in [0.25, 0.3) is 6.08 Å². The van der Waals surface area contributed by atoms with E-state index in [1.54, 1.807) is 38.3 Å². The molecular formula is C19H21NO4. The Labute approximate surface area is 141 Å². The second kappa shape index (κ2) is 9.35. The van der Waals surface area contributed by atoms with E-state index < -0.39 is 5.97 Å². The number of pyridine rings is 1. The summed E-state index contributed by atoms with van der Waals surface area (Å²) < 4.78 is 15.9. The predicted octanol–water partition coefficient (Wildman–Crippen LogP) is 3.60. The number of esters is 1. The van der Waals surface area contributed by atoms with Gasteiger partial charge in [0.1, 0.15) is 12.4 Å². The minimum atomic E-state index is -0.495. The molecule has 0 fully saturated rings. The number of carbonyl (C=O) groups is 1. The second-order valence-corrected chi connectivity index (χ2v) is 4.86. The Kier molecular flexibility index (Phi) is 6.83. The van der Waals surface area contributed by atoms with Gasteiger partial charge in [0.2, 0.25) is 5.76 Å². The lowest BCUT2D eigenvalue weighted by Gasteiger charge is -2.08. The minimum Gasteiger partial charge on any atom is -0.487 e. The molecule has 0 unspecified atom stereocenters. The fourth-order valence-corrected chi connectivity index (χ4v) is 1.95. The van der Waals surface area contributed by atoms with E-state index in [1.165, 1.54) is 0 Å². The third-order valence-electron chi connectivity index (χ3n) is 3.06. The number of nitrogens with zero attached hydrogens (tertiary/aromatic N) is 1. The SMILES string of the molecule is CCOC(=O)C(=Cc1ccc(OCc2ccccc2)cn1)OCC. The van der Waals surface area contributed by atoms with Crippen LogP contribution in [-0.2, 0) is 20.9 Å². The fraction of sp³-hybridized carbons (Fsp3) is 0.263. The molecule has 2 aromatic rings. The van der Waals surface area contributed by atoms with E-state index in [9.17, 15) is 4.79 Å². The molecule has 0 bridgehead atoms. The molecule has 5 heteroatoms. The summed E-state index contributed by atoms with van der Waals surface area (Å²) >= 11 is 0. The molecule has 0 saturated heterocycles. The number of hydrogen-bond acceptors (Lipinski definition) is 5. The standard InChI is InChI=1S/C19H21NO4/c1-3-22-18(19(21)23-4-2)12-16-10-11-17(13-20-16)24-14-15-8-6-5-7-9-15/h5-13H,3-4,14H2,1-2H3. The van der Waals surface area contributed by atoms with Crippen molar-refractivity contribution in [2.24, 2.45) is 0 Å². The summed E-state index contributed by atoms with van der Waals surface area (Å²) in [5.74, 6) is 0.306. The molecule has 1 aromatic carbocycles. The molecule has 2 rings (SSSR count). The fourth-order valence-electron chi connectivity index (χ4n) is 1.95. The molecule has 126 valence electrons. The van der Waals surface area contributed by atoms with Gasteiger partial charge in [0.05, 0.1) is 25.1 Å². The summed E-state index contributed by atoms with van der Waals surface area (Å²) in [5.41, 5.74) is 1.68. The summed E-state index contributed by atoms with van der Waals surface area (Å²) in [7, 11) is 0. The van der Waals surface area contributed by atoms with Crippen LogP contribution in [0.2, 0.25) is 0 Å². The van der Waals surface area contributed by atoms with E-state index in [0.29, 0.717) is 31.3 Å². The highest BCUT2D eigenvalue weighted by molar-refractivity contribution is 5.91. The van der Waals surface area contributed by atoms with Crippen molar-refractivity contribution in [1.82, 2.24) is 4.98 Å². The van der Waals surface area contributed by atoms with Gasteiger partial charge < -0.3 is 14.2 Å². The van der Waals surface area contributed by atoms with E-state index in [-0.39, 0.29) is 5.76 Å². The van der Waals surface area contributed by atoms with Crippen LogP contribution in [0.5, 0.6) is 5.75 Å². The molecule has 0 amide bonds. The van der Waals surface area contributed by atoms with Crippen LogP contribution in [0.1, 0.15) is 25.1 Å². The third kappa shape index (κ3) is 5.43. The molecular weight excluding hydrogens is 306 g/mol. The van der Waals surface area contributed by atoms with Gasteiger partial charge in [0.25, 0.3) is 0 Å². The van der Waals surface area contributed by atoms with Gasteiger partial charge in [-0.15, -0.1) is 0 Å². The van der Waals surface area contributed by atoms with E-state index >= 15 is 0 Å². The maximum atomic E-state index is 11.8. The van der Waals surface area contributed by atoms with Crippen molar-refractivity contribution < 1.29 is 19.0 Å². The lowest BCUT2D eigenvalue weighted by Crippen LogP contribution is -2.10. The smallest absolute Gasteiger partial charge is 0.373 e. The summed E-state index contributed by atoms with van der Waals surface area (Å²) in [4.78, 5) is 16.1. The van der Waals surface area contributed by atoms with Crippen LogP contribution in [-0.4, -0.2) is 24.2 Å². The summed E-state index contributed by atoms with van der Waals surface area (Å²) in [6.07, 6.45) is 3.17. The van der Waals surface area contributed by atoms with E-state index in [0.717, 1.165) is 5.56 Å². The van der Waals surface area contributed by atoms with E-state index in [2.05, 4.69) is 4.98 Å². The topological polar surface area (TPSA) is 57.7 Å². The van der Waals surface area contributed by atoms with Gasteiger partial charge in [0.15, 0.2) is 0 Å². The van der Waals surface area contributed by atoms with Gasteiger partial charge >= 0.3 is 5.97 Å². The Morgan fingerprint density at radius 3 is 2.42 bits per heavy atom. The molecule has 5 nitrogen and oxygen atoms in total. The van der Waals surface area contributed by atoms with Crippen molar-refractivity contribution in [3.8, 4) is 5.75 Å². The molecule has 0 N–H and O–H groups in total. The Morgan fingerprint density at radius 1 is 1.04 bits per heavy atom. The Balaban J connectivity index is 2.01. The van der Waals surface area contributed by atoms with Crippen molar-refractivity contribution in [2.45, 2.75) is 20.5 Å². The first kappa shape index (κ1) is 17.5. The lowest BCUT2D eigenvalue weighted by molar-refractivity contribution is -0.142. The maximum absolute atomic E-state index is 11.8. The first-order valence-electron chi connectivity index (χ1n) is 7.87. The number of rotatable bonds is 8. The van der Waals surface area contributed by atoms with Gasteiger partial charge in [-0.05, 0) is 31.5 Å². The minimum absolute atomic E-state index is 0.143. The van der Waals surface area contributed by atoms with Crippen molar-refractivity contribution in [3.63, 3.8) is 0 Å². The number of aromatic nitrogens is 1. The number of benzene rings is 1. The van der Waals surface area contributed by atoms with Gasteiger partial charge in [-0.1, -0.05) is 30.3 Å². The van der Waals surface area contributed by atoms with E-state index in [1.807, 2.05) is 30.3 Å². The second-order valence-electron chi connectivity index (χ2n) is 4.86. The van der Waals surface area contributed by atoms with Crippen molar-refractivity contribution >= 4 is 12.0 Å². The van der Waals surface area contributed by atoms with Gasteiger partial charge in [0, 0.05) is 6.08 Å². The molecule has 0 atom stereocenters. The molecule has 0 aliphatic heterocycles. The zero-order valence-corrected chi connectivity index (χ0v) is 13.9. The van der Waals surface area contributed by atoms with Gasteiger partial charge in [-0.25, -0.2) is 4.79 Å². The molecule has 24 heavy (non-hydrogen) atoms. The first-order valence-corrected chi connectivity index (χ1v) is 7.87. The highest BCUT2D eigenvalue weighted by Crippen LogP contribution is 2.14.